The minimum absolute atomic E-state index is 0.267. The predicted molar refractivity (Wildman–Crippen MR) is 62.8 cm³/mol. The Morgan fingerprint density at radius 1 is 1.33 bits per heavy atom. The fraction of sp³-hybridized carbons (Fsp3) is 0.917. The fourth-order valence-corrected chi connectivity index (χ4v) is 2.38. The van der Waals surface area contributed by atoms with Gasteiger partial charge in [-0.15, -0.1) is 0 Å². The van der Waals surface area contributed by atoms with Crippen LogP contribution in [-0.4, -0.2) is 36.0 Å². The molecule has 0 saturated carbocycles. The summed E-state index contributed by atoms with van der Waals surface area (Å²) < 4.78 is 0. The first-order chi connectivity index (χ1) is 7.16. The van der Waals surface area contributed by atoms with Crippen molar-refractivity contribution in [2.75, 3.05) is 13.1 Å². The number of hydrogen-bond donors (Lipinski definition) is 1. The molecule has 0 bridgehead atoms. The summed E-state index contributed by atoms with van der Waals surface area (Å²) in [6.07, 6.45) is 4.65. The smallest absolute Gasteiger partial charge is 0.237 e. The Kier molecular flexibility index (Phi) is 5.09. The molecule has 2 atom stereocenters. The van der Waals surface area contributed by atoms with E-state index in [1.807, 2.05) is 0 Å². The van der Waals surface area contributed by atoms with Crippen LogP contribution in [0, 0.1) is 0 Å². The number of carbonyl (C=O) groups excluding carboxylic acids is 1. The molecule has 0 radical (unpaired) electrons. The Hall–Kier alpha value is -0.570. The van der Waals surface area contributed by atoms with E-state index in [0.29, 0.717) is 18.6 Å². The maximum atomic E-state index is 12.0. The molecular formula is C12H24N2O. The molecule has 1 aliphatic rings. The second-order valence-corrected chi connectivity index (χ2v) is 4.61. The minimum Gasteiger partial charge on any atom is -0.336 e. The average Bonchev–Trinajstić information content (AvgIpc) is 2.18. The van der Waals surface area contributed by atoms with Gasteiger partial charge in [-0.25, -0.2) is 0 Å². The number of hydrogen-bond acceptors (Lipinski definition) is 2. The lowest BCUT2D eigenvalue weighted by atomic mass is 9.97. The SMILES string of the molecule is CCCNCC(=O)N1[C@H](C)CCC[C@@H]1C. The zero-order valence-electron chi connectivity index (χ0n) is 10.3. The van der Waals surface area contributed by atoms with Crippen LogP contribution in [0.5, 0.6) is 0 Å². The second-order valence-electron chi connectivity index (χ2n) is 4.61. The van der Waals surface area contributed by atoms with Crippen molar-refractivity contribution >= 4 is 5.91 Å². The van der Waals surface area contributed by atoms with Crippen LogP contribution in [0.3, 0.4) is 0 Å². The lowest BCUT2D eigenvalue weighted by Gasteiger charge is -2.39. The van der Waals surface area contributed by atoms with Gasteiger partial charge in [-0.1, -0.05) is 6.92 Å². The number of amides is 1. The molecule has 0 unspecified atom stereocenters. The molecule has 1 heterocycles. The topological polar surface area (TPSA) is 32.3 Å². The van der Waals surface area contributed by atoms with Gasteiger partial charge in [0.2, 0.25) is 5.91 Å². The van der Waals surface area contributed by atoms with Crippen molar-refractivity contribution in [3.05, 3.63) is 0 Å². The Morgan fingerprint density at radius 2 is 1.93 bits per heavy atom. The summed E-state index contributed by atoms with van der Waals surface area (Å²) in [5.74, 6) is 0.267. The molecule has 1 rings (SSSR count). The summed E-state index contributed by atoms with van der Waals surface area (Å²) in [5, 5.41) is 3.18. The Balaban J connectivity index is 2.41. The molecule has 1 fully saturated rings. The van der Waals surface area contributed by atoms with Crippen molar-refractivity contribution in [1.82, 2.24) is 10.2 Å². The number of carbonyl (C=O) groups is 1. The molecule has 0 aromatic carbocycles. The lowest BCUT2D eigenvalue weighted by Crippen LogP contribution is -2.50. The highest BCUT2D eigenvalue weighted by molar-refractivity contribution is 5.79. The van der Waals surface area contributed by atoms with Crippen LogP contribution >= 0.6 is 0 Å². The summed E-state index contributed by atoms with van der Waals surface area (Å²) in [4.78, 5) is 14.0. The van der Waals surface area contributed by atoms with E-state index < -0.39 is 0 Å². The average molecular weight is 212 g/mol. The van der Waals surface area contributed by atoms with Gasteiger partial charge in [0.05, 0.1) is 6.54 Å². The maximum Gasteiger partial charge on any atom is 0.237 e. The van der Waals surface area contributed by atoms with Gasteiger partial charge in [0, 0.05) is 12.1 Å². The molecule has 1 amide bonds. The Bertz CT molecular complexity index is 196. The molecule has 3 heteroatoms. The monoisotopic (exact) mass is 212 g/mol. The highest BCUT2D eigenvalue weighted by Gasteiger charge is 2.28. The molecule has 0 aliphatic carbocycles. The van der Waals surface area contributed by atoms with E-state index >= 15 is 0 Å². The first-order valence-corrected chi connectivity index (χ1v) is 6.18. The summed E-state index contributed by atoms with van der Waals surface area (Å²) in [6, 6.07) is 0.842. The number of piperidine rings is 1. The summed E-state index contributed by atoms with van der Waals surface area (Å²) in [6.45, 7) is 7.87. The van der Waals surface area contributed by atoms with Crippen LogP contribution in [0.2, 0.25) is 0 Å². The number of nitrogens with zero attached hydrogens (tertiary/aromatic N) is 1. The first kappa shape index (κ1) is 12.5. The van der Waals surface area contributed by atoms with Gasteiger partial charge in [-0.3, -0.25) is 4.79 Å². The van der Waals surface area contributed by atoms with Crippen molar-refractivity contribution in [2.24, 2.45) is 0 Å². The summed E-state index contributed by atoms with van der Waals surface area (Å²) >= 11 is 0. The summed E-state index contributed by atoms with van der Waals surface area (Å²) in [7, 11) is 0. The third-order valence-corrected chi connectivity index (χ3v) is 3.18. The zero-order chi connectivity index (χ0) is 11.3. The van der Waals surface area contributed by atoms with Gasteiger partial charge in [0.1, 0.15) is 0 Å². The van der Waals surface area contributed by atoms with E-state index in [-0.39, 0.29) is 5.91 Å². The second kappa shape index (κ2) is 6.11. The Morgan fingerprint density at radius 3 is 2.47 bits per heavy atom. The van der Waals surface area contributed by atoms with Crippen molar-refractivity contribution in [1.29, 1.82) is 0 Å². The molecule has 0 aromatic heterocycles. The van der Waals surface area contributed by atoms with Gasteiger partial charge in [0.15, 0.2) is 0 Å². The highest BCUT2D eigenvalue weighted by atomic mass is 16.2. The quantitative estimate of drug-likeness (QED) is 0.720. The van der Waals surface area contributed by atoms with E-state index in [0.717, 1.165) is 25.8 Å². The number of likely N-dealkylation sites (tertiary alicyclic amines) is 1. The Labute approximate surface area is 93.2 Å². The van der Waals surface area contributed by atoms with Crippen LogP contribution in [0.15, 0.2) is 0 Å². The van der Waals surface area contributed by atoms with E-state index in [4.69, 9.17) is 0 Å². The third kappa shape index (κ3) is 3.49. The van der Waals surface area contributed by atoms with Crippen LogP contribution in [0.4, 0.5) is 0 Å². The number of nitrogens with one attached hydrogen (secondary N) is 1. The van der Waals surface area contributed by atoms with Crippen molar-refractivity contribution in [3.63, 3.8) is 0 Å². The minimum atomic E-state index is 0.267. The fourth-order valence-electron chi connectivity index (χ4n) is 2.38. The number of rotatable bonds is 4. The molecular weight excluding hydrogens is 188 g/mol. The zero-order valence-corrected chi connectivity index (χ0v) is 10.3. The van der Waals surface area contributed by atoms with Crippen molar-refractivity contribution < 1.29 is 4.79 Å². The lowest BCUT2D eigenvalue weighted by molar-refractivity contribution is -0.136. The maximum absolute atomic E-state index is 12.0. The van der Waals surface area contributed by atoms with E-state index in [2.05, 4.69) is 31.0 Å². The van der Waals surface area contributed by atoms with E-state index in [1.54, 1.807) is 0 Å². The molecule has 0 spiro atoms. The van der Waals surface area contributed by atoms with E-state index in [9.17, 15) is 4.79 Å². The first-order valence-electron chi connectivity index (χ1n) is 6.18. The van der Waals surface area contributed by atoms with Gasteiger partial charge < -0.3 is 10.2 Å². The van der Waals surface area contributed by atoms with Gasteiger partial charge in [-0.05, 0) is 46.1 Å². The van der Waals surface area contributed by atoms with E-state index in [1.165, 1.54) is 6.42 Å². The van der Waals surface area contributed by atoms with Crippen molar-refractivity contribution in [2.45, 2.75) is 58.5 Å². The molecule has 88 valence electrons. The predicted octanol–water partition coefficient (Wildman–Crippen LogP) is 1.78. The standard InChI is InChI=1S/C12H24N2O/c1-4-8-13-9-12(15)14-10(2)6-5-7-11(14)3/h10-11,13H,4-9H2,1-3H3/t10-,11+. The third-order valence-electron chi connectivity index (χ3n) is 3.18. The normalized spacial score (nSPS) is 26.7. The van der Waals surface area contributed by atoms with Crippen molar-refractivity contribution in [3.8, 4) is 0 Å². The van der Waals surface area contributed by atoms with Crippen LogP contribution in [-0.2, 0) is 4.79 Å². The largest absolute Gasteiger partial charge is 0.336 e. The molecule has 1 N–H and O–H groups in total. The highest BCUT2D eigenvalue weighted by Crippen LogP contribution is 2.22. The van der Waals surface area contributed by atoms with Gasteiger partial charge in [0.25, 0.3) is 0 Å². The van der Waals surface area contributed by atoms with Crippen LogP contribution in [0.1, 0.15) is 46.5 Å². The molecule has 15 heavy (non-hydrogen) atoms. The van der Waals surface area contributed by atoms with Crippen LogP contribution in [0.25, 0.3) is 0 Å². The molecule has 3 nitrogen and oxygen atoms in total. The summed E-state index contributed by atoms with van der Waals surface area (Å²) in [5.41, 5.74) is 0. The van der Waals surface area contributed by atoms with Crippen LogP contribution < -0.4 is 5.32 Å². The van der Waals surface area contributed by atoms with Gasteiger partial charge in [-0.2, -0.15) is 0 Å². The molecule has 1 aliphatic heterocycles. The molecule has 0 aromatic rings. The molecule has 1 saturated heterocycles. The van der Waals surface area contributed by atoms with Gasteiger partial charge >= 0.3 is 0 Å².